The van der Waals surface area contributed by atoms with Gasteiger partial charge in [0.25, 0.3) is 0 Å². The Hall–Kier alpha value is -1.36. The molecule has 20 heavy (non-hydrogen) atoms. The Morgan fingerprint density at radius 3 is 2.75 bits per heavy atom. The Morgan fingerprint density at radius 2 is 2.05 bits per heavy atom. The van der Waals surface area contributed by atoms with Gasteiger partial charge in [0.05, 0.1) is 4.34 Å². The van der Waals surface area contributed by atoms with E-state index in [2.05, 4.69) is 16.7 Å². The Balaban J connectivity index is 1.83. The van der Waals surface area contributed by atoms with Crippen LogP contribution in [0.25, 0.3) is 0 Å². The van der Waals surface area contributed by atoms with Gasteiger partial charge in [-0.2, -0.15) is 0 Å². The third-order valence-electron chi connectivity index (χ3n) is 2.82. The number of carbonyl (C=O) groups excluding carboxylic acids is 1. The summed E-state index contributed by atoms with van der Waals surface area (Å²) < 4.78 is 0.830. The number of hydrogen-bond acceptors (Lipinski definition) is 3. The molecular weight excluding hydrogens is 292 g/mol. The molecule has 0 aliphatic carbocycles. The van der Waals surface area contributed by atoms with Gasteiger partial charge in [0, 0.05) is 30.6 Å². The highest BCUT2D eigenvalue weighted by atomic mass is 35.5. The van der Waals surface area contributed by atoms with Gasteiger partial charge in [-0.05, 0) is 30.2 Å². The van der Waals surface area contributed by atoms with Crippen LogP contribution in [0.1, 0.15) is 17.4 Å². The molecule has 1 aromatic carbocycles. The molecule has 0 radical (unpaired) electrons. The molecular formula is C15H17ClN2OS. The lowest BCUT2D eigenvalue weighted by Crippen LogP contribution is -2.18. The fourth-order valence-corrected chi connectivity index (χ4v) is 2.99. The van der Waals surface area contributed by atoms with Crippen molar-refractivity contribution in [1.29, 1.82) is 0 Å². The van der Waals surface area contributed by atoms with Gasteiger partial charge in [-0.3, -0.25) is 4.79 Å². The summed E-state index contributed by atoms with van der Waals surface area (Å²) in [5, 5.41) is 6.23. The van der Waals surface area contributed by atoms with Crippen molar-refractivity contribution in [2.75, 3.05) is 11.9 Å². The molecule has 106 valence electrons. The van der Waals surface area contributed by atoms with E-state index in [1.807, 2.05) is 30.3 Å². The largest absolute Gasteiger partial charge is 0.326 e. The zero-order chi connectivity index (χ0) is 14.4. The lowest BCUT2D eigenvalue weighted by atomic mass is 10.1. The zero-order valence-electron chi connectivity index (χ0n) is 11.3. The number of benzene rings is 1. The number of rotatable bonds is 6. The summed E-state index contributed by atoms with van der Waals surface area (Å²) in [5.74, 6) is -0.0503. The molecule has 0 spiro atoms. The van der Waals surface area contributed by atoms with Crippen molar-refractivity contribution in [3.8, 4) is 0 Å². The minimum Gasteiger partial charge on any atom is -0.326 e. The number of para-hydroxylation sites is 1. The van der Waals surface area contributed by atoms with Gasteiger partial charge in [0.15, 0.2) is 0 Å². The molecule has 0 unspecified atom stereocenters. The van der Waals surface area contributed by atoms with Crippen molar-refractivity contribution in [2.45, 2.75) is 19.9 Å². The van der Waals surface area contributed by atoms with E-state index in [0.29, 0.717) is 0 Å². The molecule has 3 nitrogen and oxygen atoms in total. The minimum absolute atomic E-state index is 0.0503. The predicted octanol–water partition coefficient (Wildman–Crippen LogP) is 3.69. The van der Waals surface area contributed by atoms with Crippen LogP contribution >= 0.6 is 22.9 Å². The van der Waals surface area contributed by atoms with Gasteiger partial charge in [-0.25, -0.2) is 0 Å². The third-order valence-corrected chi connectivity index (χ3v) is 4.11. The summed E-state index contributed by atoms with van der Waals surface area (Å²) in [6.07, 6.45) is 0.958. The SMILES string of the molecule is CC(=O)Nc1ccccc1CNCCc1ccc(Cl)s1. The Labute approximate surface area is 128 Å². The number of carbonyl (C=O) groups is 1. The quantitative estimate of drug-likeness (QED) is 0.799. The molecule has 0 bridgehead atoms. The van der Waals surface area contributed by atoms with Crippen molar-refractivity contribution in [3.05, 3.63) is 51.2 Å². The molecule has 0 atom stereocenters. The molecule has 1 heterocycles. The van der Waals surface area contributed by atoms with Crippen molar-refractivity contribution in [3.63, 3.8) is 0 Å². The first-order valence-electron chi connectivity index (χ1n) is 6.45. The average Bonchev–Trinajstić information content (AvgIpc) is 2.81. The van der Waals surface area contributed by atoms with Crippen molar-refractivity contribution < 1.29 is 4.79 Å². The van der Waals surface area contributed by atoms with Gasteiger partial charge in [-0.1, -0.05) is 29.8 Å². The number of thiophene rings is 1. The summed E-state index contributed by atoms with van der Waals surface area (Å²) >= 11 is 7.51. The molecule has 5 heteroatoms. The van der Waals surface area contributed by atoms with E-state index in [4.69, 9.17) is 11.6 Å². The van der Waals surface area contributed by atoms with Crippen LogP contribution in [0.4, 0.5) is 5.69 Å². The monoisotopic (exact) mass is 308 g/mol. The summed E-state index contributed by atoms with van der Waals surface area (Å²) in [6.45, 7) is 3.13. The van der Waals surface area contributed by atoms with E-state index in [9.17, 15) is 4.79 Å². The van der Waals surface area contributed by atoms with Crippen LogP contribution in [0.5, 0.6) is 0 Å². The minimum atomic E-state index is -0.0503. The lowest BCUT2D eigenvalue weighted by Gasteiger charge is -2.10. The molecule has 2 N–H and O–H groups in total. The van der Waals surface area contributed by atoms with Gasteiger partial charge in [0.2, 0.25) is 5.91 Å². The Kier molecular flexibility index (Phi) is 5.59. The second kappa shape index (κ2) is 7.43. The van der Waals surface area contributed by atoms with Crippen molar-refractivity contribution in [2.24, 2.45) is 0 Å². The lowest BCUT2D eigenvalue weighted by molar-refractivity contribution is -0.114. The maximum Gasteiger partial charge on any atom is 0.221 e. The molecule has 0 saturated carbocycles. The second-order valence-electron chi connectivity index (χ2n) is 4.47. The molecule has 2 aromatic rings. The highest BCUT2D eigenvalue weighted by Crippen LogP contribution is 2.21. The third kappa shape index (κ3) is 4.63. The van der Waals surface area contributed by atoms with Crippen molar-refractivity contribution >= 4 is 34.5 Å². The fraction of sp³-hybridized carbons (Fsp3) is 0.267. The maximum atomic E-state index is 11.1. The van der Waals surface area contributed by atoms with E-state index in [-0.39, 0.29) is 5.91 Å². The fourth-order valence-electron chi connectivity index (χ4n) is 1.91. The van der Waals surface area contributed by atoms with Crippen molar-refractivity contribution in [1.82, 2.24) is 5.32 Å². The van der Waals surface area contributed by atoms with Crippen LogP contribution in [0.15, 0.2) is 36.4 Å². The van der Waals surface area contributed by atoms with Gasteiger partial charge < -0.3 is 10.6 Å². The summed E-state index contributed by atoms with van der Waals surface area (Å²) in [4.78, 5) is 12.4. The number of hydrogen-bond donors (Lipinski definition) is 2. The van der Waals surface area contributed by atoms with Crippen LogP contribution in [-0.2, 0) is 17.8 Å². The standard InChI is InChI=1S/C15H17ClN2OS/c1-11(19)18-14-5-3-2-4-12(14)10-17-9-8-13-6-7-15(16)20-13/h2-7,17H,8-10H2,1H3,(H,18,19). The molecule has 0 saturated heterocycles. The van der Waals surface area contributed by atoms with Gasteiger partial charge in [-0.15, -0.1) is 11.3 Å². The maximum absolute atomic E-state index is 11.1. The summed E-state index contributed by atoms with van der Waals surface area (Å²) in [5.41, 5.74) is 1.96. The first kappa shape index (κ1) is 15.0. The summed E-state index contributed by atoms with van der Waals surface area (Å²) in [7, 11) is 0. The highest BCUT2D eigenvalue weighted by molar-refractivity contribution is 7.16. The van der Waals surface area contributed by atoms with Gasteiger partial charge >= 0.3 is 0 Å². The van der Waals surface area contributed by atoms with Crippen LogP contribution in [-0.4, -0.2) is 12.5 Å². The molecule has 1 amide bonds. The van der Waals surface area contributed by atoms with Crippen LogP contribution in [0, 0.1) is 0 Å². The van der Waals surface area contributed by atoms with Crippen LogP contribution in [0.3, 0.4) is 0 Å². The molecule has 2 rings (SSSR count). The highest BCUT2D eigenvalue weighted by Gasteiger charge is 2.03. The normalized spacial score (nSPS) is 10.5. The van der Waals surface area contributed by atoms with E-state index >= 15 is 0 Å². The Morgan fingerprint density at radius 1 is 1.25 bits per heavy atom. The molecule has 0 aliphatic heterocycles. The summed E-state index contributed by atoms with van der Waals surface area (Å²) in [6, 6.07) is 11.8. The smallest absolute Gasteiger partial charge is 0.221 e. The van der Waals surface area contributed by atoms with Gasteiger partial charge in [0.1, 0.15) is 0 Å². The second-order valence-corrected chi connectivity index (χ2v) is 6.27. The van der Waals surface area contributed by atoms with Crippen LogP contribution < -0.4 is 10.6 Å². The predicted molar refractivity (Wildman–Crippen MR) is 85.5 cm³/mol. The Bertz CT molecular complexity index is 583. The molecule has 1 aromatic heterocycles. The van der Waals surface area contributed by atoms with E-state index < -0.39 is 0 Å². The van der Waals surface area contributed by atoms with E-state index in [1.54, 1.807) is 11.3 Å². The number of amides is 1. The first-order valence-corrected chi connectivity index (χ1v) is 7.65. The zero-order valence-corrected chi connectivity index (χ0v) is 12.9. The first-order chi connectivity index (χ1) is 9.65. The van der Waals surface area contributed by atoms with E-state index in [1.165, 1.54) is 11.8 Å². The number of nitrogens with one attached hydrogen (secondary N) is 2. The van der Waals surface area contributed by atoms with Crippen LogP contribution in [0.2, 0.25) is 4.34 Å². The molecule has 0 fully saturated rings. The number of halogens is 1. The topological polar surface area (TPSA) is 41.1 Å². The number of anilines is 1. The van der Waals surface area contributed by atoms with E-state index in [0.717, 1.165) is 35.1 Å². The average molecular weight is 309 g/mol. The molecule has 0 aliphatic rings.